The minimum absolute atomic E-state index is 0.185. The Labute approximate surface area is 154 Å². The molecule has 6 nitrogen and oxygen atoms in total. The van der Waals surface area contributed by atoms with Gasteiger partial charge in [-0.25, -0.2) is 13.8 Å². The first-order chi connectivity index (χ1) is 12.9. The molecule has 1 N–H and O–H groups in total. The van der Waals surface area contributed by atoms with Crippen LogP contribution in [0.2, 0.25) is 0 Å². The van der Waals surface area contributed by atoms with Gasteiger partial charge in [-0.1, -0.05) is 12.1 Å². The number of benzene rings is 1. The van der Waals surface area contributed by atoms with Crippen molar-refractivity contribution in [2.45, 2.75) is 33.6 Å². The summed E-state index contributed by atoms with van der Waals surface area (Å²) >= 11 is 0. The fourth-order valence-electron chi connectivity index (χ4n) is 2.73. The molecule has 0 spiro atoms. The molecule has 0 aliphatic rings. The lowest BCUT2D eigenvalue weighted by atomic mass is 10.1. The van der Waals surface area contributed by atoms with Gasteiger partial charge >= 0.3 is 0 Å². The van der Waals surface area contributed by atoms with Crippen LogP contribution in [0.4, 0.5) is 14.6 Å². The van der Waals surface area contributed by atoms with Crippen LogP contribution in [-0.2, 0) is 6.42 Å². The first-order valence-corrected chi connectivity index (χ1v) is 8.46. The average Bonchev–Trinajstić information content (AvgIpc) is 3.02. The fourth-order valence-corrected chi connectivity index (χ4v) is 2.73. The van der Waals surface area contributed by atoms with Gasteiger partial charge in [0.1, 0.15) is 17.5 Å². The summed E-state index contributed by atoms with van der Waals surface area (Å²) in [6, 6.07) is 4.57. The van der Waals surface area contributed by atoms with E-state index in [4.69, 9.17) is 4.52 Å². The van der Waals surface area contributed by atoms with Crippen LogP contribution in [-0.4, -0.2) is 21.0 Å². The van der Waals surface area contributed by atoms with Crippen LogP contribution in [0.25, 0.3) is 11.4 Å². The number of aromatic nitrogens is 3. The lowest BCUT2D eigenvalue weighted by molar-refractivity contribution is 0.102. The van der Waals surface area contributed by atoms with Crippen molar-refractivity contribution in [2.75, 3.05) is 5.32 Å². The zero-order chi connectivity index (χ0) is 19.6. The number of pyridine rings is 1. The molecule has 0 saturated carbocycles. The summed E-state index contributed by atoms with van der Waals surface area (Å²) < 4.78 is 32.2. The molecule has 8 heteroatoms. The van der Waals surface area contributed by atoms with Gasteiger partial charge in [-0.15, -0.1) is 0 Å². The number of hydrogen-bond acceptors (Lipinski definition) is 5. The highest BCUT2D eigenvalue weighted by Gasteiger charge is 2.20. The average molecular weight is 372 g/mol. The van der Waals surface area contributed by atoms with Crippen molar-refractivity contribution < 1.29 is 18.1 Å². The largest absolute Gasteiger partial charge is 0.339 e. The van der Waals surface area contributed by atoms with Gasteiger partial charge in [-0.05, 0) is 44.0 Å². The van der Waals surface area contributed by atoms with E-state index in [0.717, 1.165) is 24.1 Å². The molecule has 1 aromatic carbocycles. The van der Waals surface area contributed by atoms with E-state index in [2.05, 4.69) is 20.4 Å². The van der Waals surface area contributed by atoms with E-state index in [-0.39, 0.29) is 11.4 Å². The van der Waals surface area contributed by atoms with Crippen LogP contribution in [0, 0.1) is 25.5 Å². The number of anilines is 1. The minimum Gasteiger partial charge on any atom is -0.339 e. The van der Waals surface area contributed by atoms with Gasteiger partial charge in [0.2, 0.25) is 11.7 Å². The summed E-state index contributed by atoms with van der Waals surface area (Å²) in [7, 11) is 0. The van der Waals surface area contributed by atoms with Gasteiger partial charge in [0.05, 0.1) is 11.1 Å². The molecule has 3 rings (SSSR count). The lowest BCUT2D eigenvalue weighted by Crippen LogP contribution is -2.16. The Balaban J connectivity index is 2.00. The Bertz CT molecular complexity index is 1000. The maximum atomic E-state index is 13.9. The predicted octanol–water partition coefficient (Wildman–Crippen LogP) is 4.23. The first-order valence-electron chi connectivity index (χ1n) is 8.46. The number of halogens is 2. The number of rotatable bonds is 5. The van der Waals surface area contributed by atoms with Crippen molar-refractivity contribution in [3.05, 3.63) is 58.6 Å². The normalized spacial score (nSPS) is 10.9. The molecule has 0 aliphatic heterocycles. The van der Waals surface area contributed by atoms with E-state index in [9.17, 15) is 13.6 Å². The minimum atomic E-state index is -0.955. The molecule has 0 bridgehead atoms. The van der Waals surface area contributed by atoms with Crippen LogP contribution < -0.4 is 5.32 Å². The first kappa shape index (κ1) is 18.6. The standard InChI is InChI=1S/C19H18F2N4O2/c1-4-5-15-23-18(25-27-15)16-10(2)8-11(3)22-17(16)24-19(26)13-7-6-12(20)9-14(13)21/h6-9H,4-5H2,1-3H3,(H,22,24,26). The fraction of sp³-hybridized carbons (Fsp3) is 0.263. The van der Waals surface area contributed by atoms with Gasteiger partial charge in [-0.2, -0.15) is 4.98 Å². The van der Waals surface area contributed by atoms with Gasteiger partial charge in [-0.3, -0.25) is 4.79 Å². The summed E-state index contributed by atoms with van der Waals surface area (Å²) in [4.78, 5) is 21.1. The Morgan fingerprint density at radius 2 is 1.96 bits per heavy atom. The molecule has 0 fully saturated rings. The molecule has 0 unspecified atom stereocenters. The third-order valence-corrected chi connectivity index (χ3v) is 3.91. The Kier molecular flexibility index (Phi) is 5.25. The topological polar surface area (TPSA) is 80.9 Å². The van der Waals surface area contributed by atoms with Gasteiger partial charge in [0, 0.05) is 18.2 Å². The molecule has 3 aromatic rings. The highest BCUT2D eigenvalue weighted by molar-refractivity contribution is 6.05. The van der Waals surface area contributed by atoms with Crippen LogP contribution in [0.15, 0.2) is 28.8 Å². The lowest BCUT2D eigenvalue weighted by Gasteiger charge is -2.12. The highest BCUT2D eigenvalue weighted by Crippen LogP contribution is 2.29. The molecular formula is C19H18F2N4O2. The van der Waals surface area contributed by atoms with Gasteiger partial charge in [0.25, 0.3) is 5.91 Å². The second kappa shape index (κ2) is 7.61. The number of carbonyl (C=O) groups is 1. The van der Waals surface area contributed by atoms with Gasteiger partial charge < -0.3 is 9.84 Å². The Morgan fingerprint density at radius 3 is 2.67 bits per heavy atom. The summed E-state index contributed by atoms with van der Waals surface area (Å²) in [6.07, 6.45) is 1.48. The van der Waals surface area contributed by atoms with E-state index in [1.165, 1.54) is 0 Å². The monoisotopic (exact) mass is 372 g/mol. The summed E-state index contributed by atoms with van der Waals surface area (Å²) in [5.74, 6) is -1.51. The van der Waals surface area contributed by atoms with Crippen LogP contribution >= 0.6 is 0 Å². The van der Waals surface area contributed by atoms with E-state index >= 15 is 0 Å². The van der Waals surface area contributed by atoms with E-state index in [0.29, 0.717) is 35.5 Å². The molecule has 140 valence electrons. The SMILES string of the molecule is CCCc1nc(-c2c(C)cc(C)nc2NC(=O)c2ccc(F)cc2F)no1. The maximum absolute atomic E-state index is 13.9. The van der Waals surface area contributed by atoms with Crippen molar-refractivity contribution in [1.82, 2.24) is 15.1 Å². The Hall–Kier alpha value is -3.16. The molecule has 2 aromatic heterocycles. The van der Waals surface area contributed by atoms with Crippen molar-refractivity contribution >= 4 is 11.7 Å². The quantitative estimate of drug-likeness (QED) is 0.725. The number of hydrogen-bond donors (Lipinski definition) is 1. The van der Waals surface area contributed by atoms with Gasteiger partial charge in [0.15, 0.2) is 0 Å². The summed E-state index contributed by atoms with van der Waals surface area (Å²) in [5, 5.41) is 6.54. The van der Waals surface area contributed by atoms with Crippen LogP contribution in [0.1, 0.15) is 40.9 Å². The van der Waals surface area contributed by atoms with E-state index < -0.39 is 17.5 Å². The van der Waals surface area contributed by atoms with E-state index in [1.54, 1.807) is 6.92 Å². The second-order valence-electron chi connectivity index (χ2n) is 6.14. The van der Waals surface area contributed by atoms with Crippen molar-refractivity contribution in [1.29, 1.82) is 0 Å². The molecule has 1 amide bonds. The molecule has 2 heterocycles. The molecule has 0 saturated heterocycles. The molecule has 0 aliphatic carbocycles. The van der Waals surface area contributed by atoms with Crippen molar-refractivity contribution in [3.8, 4) is 11.4 Å². The third-order valence-electron chi connectivity index (χ3n) is 3.91. The van der Waals surface area contributed by atoms with Crippen LogP contribution in [0.3, 0.4) is 0 Å². The highest BCUT2D eigenvalue weighted by atomic mass is 19.1. The number of amides is 1. The third kappa shape index (κ3) is 3.99. The summed E-state index contributed by atoms with van der Waals surface area (Å²) in [6.45, 7) is 5.59. The number of nitrogens with zero attached hydrogens (tertiary/aromatic N) is 3. The molecule has 0 radical (unpaired) electrons. The molecular weight excluding hydrogens is 354 g/mol. The van der Waals surface area contributed by atoms with Crippen LogP contribution in [0.5, 0.6) is 0 Å². The van der Waals surface area contributed by atoms with E-state index in [1.807, 2.05) is 19.9 Å². The maximum Gasteiger partial charge on any atom is 0.259 e. The summed E-state index contributed by atoms with van der Waals surface area (Å²) in [5.41, 5.74) is 1.63. The second-order valence-corrected chi connectivity index (χ2v) is 6.14. The molecule has 27 heavy (non-hydrogen) atoms. The number of aryl methyl sites for hydroxylation is 3. The zero-order valence-corrected chi connectivity index (χ0v) is 15.1. The van der Waals surface area contributed by atoms with Crippen molar-refractivity contribution in [2.24, 2.45) is 0 Å². The number of carbonyl (C=O) groups excluding carboxylic acids is 1. The van der Waals surface area contributed by atoms with Crippen molar-refractivity contribution in [3.63, 3.8) is 0 Å². The number of nitrogens with one attached hydrogen (secondary N) is 1. The zero-order valence-electron chi connectivity index (χ0n) is 15.1. The smallest absolute Gasteiger partial charge is 0.259 e. The Morgan fingerprint density at radius 1 is 1.19 bits per heavy atom. The predicted molar refractivity (Wildman–Crippen MR) is 95.3 cm³/mol. The molecule has 0 atom stereocenters.